The van der Waals surface area contributed by atoms with Crippen molar-refractivity contribution in [3.05, 3.63) is 54.1 Å². The number of aliphatic carboxylic acids is 1. The molecule has 0 saturated carbocycles. The fraction of sp³-hybridized carbons (Fsp3) is 0.214. The lowest BCUT2D eigenvalue weighted by atomic mass is 10.1. The number of hydrogen-bond donors (Lipinski definition) is 4. The molecule has 0 aliphatic heterocycles. The van der Waals surface area contributed by atoms with Gasteiger partial charge in [-0.15, -0.1) is 0 Å². The SMILES string of the molecule is O=C(NCCc1ncc[nH]1)N[C@@H](C(=O)O)c1ccccc1. The second-order valence-corrected chi connectivity index (χ2v) is 4.37. The van der Waals surface area contributed by atoms with E-state index in [1.54, 1.807) is 42.7 Å². The van der Waals surface area contributed by atoms with Crippen molar-refractivity contribution in [2.45, 2.75) is 12.5 Å². The van der Waals surface area contributed by atoms with Crippen molar-refractivity contribution in [1.82, 2.24) is 20.6 Å². The predicted molar refractivity (Wildman–Crippen MR) is 75.6 cm³/mol. The number of H-pyrrole nitrogens is 1. The Kier molecular flexibility index (Phi) is 4.92. The molecule has 1 atom stereocenters. The van der Waals surface area contributed by atoms with E-state index >= 15 is 0 Å². The van der Waals surface area contributed by atoms with Gasteiger partial charge in [0.25, 0.3) is 0 Å². The molecule has 7 heteroatoms. The number of hydrogen-bond acceptors (Lipinski definition) is 3. The van der Waals surface area contributed by atoms with Crippen LogP contribution in [0.15, 0.2) is 42.7 Å². The highest BCUT2D eigenvalue weighted by Gasteiger charge is 2.21. The van der Waals surface area contributed by atoms with Crippen LogP contribution < -0.4 is 10.6 Å². The van der Waals surface area contributed by atoms with E-state index < -0.39 is 18.0 Å². The van der Waals surface area contributed by atoms with Crippen molar-refractivity contribution in [3.8, 4) is 0 Å². The highest BCUT2D eigenvalue weighted by atomic mass is 16.4. The molecule has 2 rings (SSSR count). The van der Waals surface area contributed by atoms with E-state index in [-0.39, 0.29) is 0 Å². The molecule has 0 saturated heterocycles. The molecule has 1 aromatic carbocycles. The smallest absolute Gasteiger partial charge is 0.330 e. The molecule has 110 valence electrons. The fourth-order valence-corrected chi connectivity index (χ4v) is 1.84. The number of amides is 2. The summed E-state index contributed by atoms with van der Waals surface area (Å²) in [5, 5.41) is 14.2. The van der Waals surface area contributed by atoms with Gasteiger partial charge in [0.2, 0.25) is 0 Å². The summed E-state index contributed by atoms with van der Waals surface area (Å²) in [5.74, 6) is -0.351. The summed E-state index contributed by atoms with van der Waals surface area (Å²) in [6, 6.07) is 6.94. The molecule has 0 radical (unpaired) electrons. The first-order chi connectivity index (χ1) is 10.2. The Balaban J connectivity index is 1.85. The van der Waals surface area contributed by atoms with Crippen LogP contribution in [0.1, 0.15) is 17.4 Å². The Bertz CT molecular complexity index is 584. The lowest BCUT2D eigenvalue weighted by Crippen LogP contribution is -2.41. The first kappa shape index (κ1) is 14.6. The maximum absolute atomic E-state index is 11.7. The van der Waals surface area contributed by atoms with Crippen LogP contribution in [0.4, 0.5) is 4.79 Å². The van der Waals surface area contributed by atoms with Crippen LogP contribution in [0.3, 0.4) is 0 Å². The topological polar surface area (TPSA) is 107 Å². The number of nitrogens with one attached hydrogen (secondary N) is 3. The van der Waals surface area contributed by atoms with E-state index in [1.807, 2.05) is 0 Å². The fourth-order valence-electron chi connectivity index (χ4n) is 1.84. The third-order valence-corrected chi connectivity index (χ3v) is 2.86. The lowest BCUT2D eigenvalue weighted by Gasteiger charge is -2.15. The van der Waals surface area contributed by atoms with Crippen molar-refractivity contribution >= 4 is 12.0 Å². The summed E-state index contributed by atoms with van der Waals surface area (Å²) >= 11 is 0. The van der Waals surface area contributed by atoms with E-state index in [9.17, 15) is 14.7 Å². The molecule has 0 aliphatic rings. The molecule has 2 aromatic rings. The summed E-state index contributed by atoms with van der Waals surface area (Å²) in [6.07, 6.45) is 3.88. The van der Waals surface area contributed by atoms with Crippen LogP contribution in [0, 0.1) is 0 Å². The first-order valence-electron chi connectivity index (χ1n) is 6.47. The van der Waals surface area contributed by atoms with E-state index in [0.29, 0.717) is 18.5 Å². The summed E-state index contributed by atoms with van der Waals surface area (Å²) < 4.78 is 0. The van der Waals surface area contributed by atoms with Gasteiger partial charge in [-0.3, -0.25) is 0 Å². The van der Waals surface area contributed by atoms with Crippen molar-refractivity contribution in [2.75, 3.05) is 6.54 Å². The minimum Gasteiger partial charge on any atom is -0.479 e. The van der Waals surface area contributed by atoms with Gasteiger partial charge in [0.1, 0.15) is 5.82 Å². The molecule has 0 unspecified atom stereocenters. The van der Waals surface area contributed by atoms with Gasteiger partial charge in [-0.25, -0.2) is 14.6 Å². The second-order valence-electron chi connectivity index (χ2n) is 4.37. The van der Waals surface area contributed by atoms with Gasteiger partial charge in [0, 0.05) is 25.4 Å². The number of benzene rings is 1. The molecule has 0 fully saturated rings. The van der Waals surface area contributed by atoms with Crippen LogP contribution in [0.2, 0.25) is 0 Å². The van der Waals surface area contributed by atoms with Gasteiger partial charge in [0.15, 0.2) is 6.04 Å². The molecule has 4 N–H and O–H groups in total. The van der Waals surface area contributed by atoms with Crippen molar-refractivity contribution in [2.24, 2.45) is 0 Å². The number of urea groups is 1. The average Bonchev–Trinajstić information content (AvgIpc) is 2.98. The van der Waals surface area contributed by atoms with Crippen molar-refractivity contribution in [1.29, 1.82) is 0 Å². The van der Waals surface area contributed by atoms with Gasteiger partial charge in [0.05, 0.1) is 0 Å². The molecule has 1 aromatic heterocycles. The van der Waals surface area contributed by atoms with Crippen LogP contribution in [0.25, 0.3) is 0 Å². The minimum absolute atomic E-state index is 0.362. The molecular formula is C14H16N4O3. The highest BCUT2D eigenvalue weighted by Crippen LogP contribution is 2.12. The largest absolute Gasteiger partial charge is 0.479 e. The van der Waals surface area contributed by atoms with E-state index in [0.717, 1.165) is 5.82 Å². The normalized spacial score (nSPS) is 11.6. The molecule has 21 heavy (non-hydrogen) atoms. The predicted octanol–water partition coefficient (Wildman–Crippen LogP) is 1.08. The third kappa shape index (κ3) is 4.34. The quantitative estimate of drug-likeness (QED) is 0.638. The monoisotopic (exact) mass is 288 g/mol. The summed E-state index contributed by atoms with van der Waals surface area (Å²) in [4.78, 5) is 29.9. The van der Waals surface area contributed by atoms with Gasteiger partial charge < -0.3 is 20.7 Å². The average molecular weight is 288 g/mol. The Hall–Kier alpha value is -2.83. The number of carbonyl (C=O) groups excluding carboxylic acids is 1. The zero-order valence-corrected chi connectivity index (χ0v) is 11.2. The lowest BCUT2D eigenvalue weighted by molar-refractivity contribution is -0.139. The number of imidazole rings is 1. The van der Waals surface area contributed by atoms with E-state index in [1.165, 1.54) is 0 Å². The number of carboxylic acids is 1. The zero-order valence-electron chi connectivity index (χ0n) is 11.2. The Morgan fingerprint density at radius 3 is 2.67 bits per heavy atom. The third-order valence-electron chi connectivity index (χ3n) is 2.86. The molecule has 0 aliphatic carbocycles. The van der Waals surface area contributed by atoms with Gasteiger partial charge in [-0.05, 0) is 5.56 Å². The Labute approximate surface area is 121 Å². The summed E-state index contributed by atoms with van der Waals surface area (Å²) in [5.41, 5.74) is 0.520. The number of aromatic amines is 1. The summed E-state index contributed by atoms with van der Waals surface area (Å²) in [6.45, 7) is 0.362. The van der Waals surface area contributed by atoms with Gasteiger partial charge in [-0.1, -0.05) is 30.3 Å². The minimum atomic E-state index is -1.11. The molecule has 0 spiro atoms. The molecular weight excluding hydrogens is 272 g/mol. The van der Waals surface area contributed by atoms with Crippen LogP contribution >= 0.6 is 0 Å². The highest BCUT2D eigenvalue weighted by molar-refractivity contribution is 5.83. The number of rotatable bonds is 6. The first-order valence-corrected chi connectivity index (χ1v) is 6.47. The molecule has 7 nitrogen and oxygen atoms in total. The Morgan fingerprint density at radius 1 is 1.29 bits per heavy atom. The standard InChI is InChI=1S/C14H16N4O3/c19-13(20)12(10-4-2-1-3-5-10)18-14(21)17-7-6-11-15-8-9-16-11/h1-5,8-9,12H,6-7H2,(H,15,16)(H,19,20)(H2,17,18,21)/t12-/m1/s1. The number of carboxylic acid groups (broad SMARTS) is 1. The zero-order chi connectivity index (χ0) is 15.1. The molecule has 0 bridgehead atoms. The second kappa shape index (κ2) is 7.09. The van der Waals surface area contributed by atoms with Gasteiger partial charge >= 0.3 is 12.0 Å². The number of carbonyl (C=O) groups is 2. The summed E-state index contributed by atoms with van der Waals surface area (Å²) in [7, 11) is 0. The maximum atomic E-state index is 11.7. The molecule has 2 amide bonds. The molecule has 1 heterocycles. The van der Waals surface area contributed by atoms with Crippen molar-refractivity contribution in [3.63, 3.8) is 0 Å². The van der Waals surface area contributed by atoms with Gasteiger partial charge in [-0.2, -0.15) is 0 Å². The van der Waals surface area contributed by atoms with Crippen LogP contribution in [-0.4, -0.2) is 33.6 Å². The van der Waals surface area contributed by atoms with Crippen LogP contribution in [0.5, 0.6) is 0 Å². The van der Waals surface area contributed by atoms with E-state index in [2.05, 4.69) is 20.6 Å². The van der Waals surface area contributed by atoms with Crippen molar-refractivity contribution < 1.29 is 14.7 Å². The maximum Gasteiger partial charge on any atom is 0.330 e. The van der Waals surface area contributed by atoms with Crippen LogP contribution in [-0.2, 0) is 11.2 Å². The van der Waals surface area contributed by atoms with E-state index in [4.69, 9.17) is 0 Å². The number of aromatic nitrogens is 2. The number of nitrogens with zero attached hydrogens (tertiary/aromatic N) is 1. The Morgan fingerprint density at radius 2 is 2.05 bits per heavy atom.